The van der Waals surface area contributed by atoms with Gasteiger partial charge in [0.15, 0.2) is 0 Å². The molecule has 0 spiro atoms. The molecule has 0 saturated carbocycles. The lowest BCUT2D eigenvalue weighted by Crippen LogP contribution is -2.47. The summed E-state index contributed by atoms with van der Waals surface area (Å²) < 4.78 is 43.1. The third-order valence-electron chi connectivity index (χ3n) is 3.93. The number of nitrogens with zero attached hydrogens (tertiary/aromatic N) is 1. The maximum atomic E-state index is 14.0. The number of aliphatic hydroxyl groups excluding tert-OH is 1. The number of halogens is 3. The van der Waals surface area contributed by atoms with E-state index in [1.807, 2.05) is 0 Å². The Balaban J connectivity index is 2.62. The van der Waals surface area contributed by atoms with Gasteiger partial charge in [0.1, 0.15) is 16.7 Å². The molecule has 142 valence electrons. The summed E-state index contributed by atoms with van der Waals surface area (Å²) in [5.41, 5.74) is -0.0769. The first-order valence-electron chi connectivity index (χ1n) is 7.90. The number of aliphatic hydroxyl groups is 1. The zero-order chi connectivity index (χ0) is 19.7. The molecule has 0 radical (unpaired) electrons. The molecule has 2 N–H and O–H groups in total. The van der Waals surface area contributed by atoms with Crippen molar-refractivity contribution in [2.75, 3.05) is 0 Å². The van der Waals surface area contributed by atoms with Crippen LogP contribution < -0.4 is 4.72 Å². The Morgan fingerprint density at radius 1 is 1.19 bits per heavy atom. The minimum atomic E-state index is -1.55. The first kappa shape index (κ1) is 20.9. The molecular weight excluding hydrogens is 382 g/mol. The van der Waals surface area contributed by atoms with E-state index in [1.165, 1.54) is 6.20 Å². The number of hydrogen-bond acceptors (Lipinski definition) is 3. The molecule has 2 rings (SSSR count). The molecule has 0 amide bonds. The van der Waals surface area contributed by atoms with Gasteiger partial charge in [-0.3, -0.25) is 4.98 Å². The van der Waals surface area contributed by atoms with Crippen molar-refractivity contribution in [2.24, 2.45) is 0 Å². The van der Waals surface area contributed by atoms with E-state index in [0.717, 1.165) is 12.1 Å². The molecule has 0 aliphatic carbocycles. The van der Waals surface area contributed by atoms with Crippen LogP contribution in [-0.4, -0.2) is 19.0 Å². The number of nitrogens with one attached hydrogen (secondary N) is 1. The average molecular weight is 403 g/mol. The molecule has 1 heterocycles. The minimum Gasteiger partial charge on any atom is -0.392 e. The summed E-state index contributed by atoms with van der Waals surface area (Å²) in [6.45, 7) is 6.79. The number of aromatic nitrogens is 1. The predicted octanol–water partition coefficient (Wildman–Crippen LogP) is 3.82. The molecule has 8 heteroatoms. The van der Waals surface area contributed by atoms with Crippen molar-refractivity contribution in [3.05, 3.63) is 63.9 Å². The van der Waals surface area contributed by atoms with Crippen LogP contribution in [0.1, 0.15) is 44.5 Å². The van der Waals surface area contributed by atoms with Crippen LogP contribution in [0.15, 0.2) is 30.5 Å². The summed E-state index contributed by atoms with van der Waals surface area (Å²) in [7, 11) is -1.55. The Morgan fingerprint density at radius 3 is 2.19 bits per heavy atom. The summed E-state index contributed by atoms with van der Waals surface area (Å²) >= 11 is 5.59. The highest BCUT2D eigenvalue weighted by Gasteiger charge is 2.36. The highest BCUT2D eigenvalue weighted by atomic mass is 35.5. The van der Waals surface area contributed by atoms with Gasteiger partial charge in [-0.1, -0.05) is 17.7 Å². The Labute approximate surface area is 159 Å². The zero-order valence-corrected chi connectivity index (χ0v) is 16.5. The topological polar surface area (TPSA) is 62.2 Å². The molecule has 26 heavy (non-hydrogen) atoms. The molecule has 0 bridgehead atoms. The van der Waals surface area contributed by atoms with Gasteiger partial charge in [-0.25, -0.2) is 17.7 Å². The van der Waals surface area contributed by atoms with Crippen molar-refractivity contribution in [1.29, 1.82) is 0 Å². The normalized spacial score (nSPS) is 15.5. The lowest BCUT2D eigenvalue weighted by atomic mass is 9.89. The van der Waals surface area contributed by atoms with E-state index in [-0.39, 0.29) is 12.2 Å². The molecule has 0 saturated heterocycles. The molecule has 2 atom stereocenters. The largest absolute Gasteiger partial charge is 0.392 e. The molecule has 0 aliphatic heterocycles. The lowest BCUT2D eigenvalue weighted by molar-refractivity contribution is 0.281. The molecular formula is C18H21ClF2N2O2S. The quantitative estimate of drug-likeness (QED) is 0.747. The lowest BCUT2D eigenvalue weighted by Gasteiger charge is -2.33. The van der Waals surface area contributed by atoms with Crippen LogP contribution in [-0.2, 0) is 23.1 Å². The zero-order valence-electron chi connectivity index (χ0n) is 14.9. The van der Waals surface area contributed by atoms with Crippen molar-refractivity contribution < 1.29 is 18.1 Å². The summed E-state index contributed by atoms with van der Waals surface area (Å²) in [6, 6.07) is 5.45. The van der Waals surface area contributed by atoms with Crippen molar-refractivity contribution in [1.82, 2.24) is 9.71 Å². The van der Waals surface area contributed by atoms with E-state index in [0.29, 0.717) is 11.3 Å². The van der Waals surface area contributed by atoms with Crippen LogP contribution >= 0.6 is 11.6 Å². The maximum absolute atomic E-state index is 14.0. The Hall–Kier alpha value is -1.41. The van der Waals surface area contributed by atoms with Crippen molar-refractivity contribution in [2.45, 2.75) is 44.6 Å². The van der Waals surface area contributed by atoms with Gasteiger partial charge < -0.3 is 5.11 Å². The van der Waals surface area contributed by atoms with Crippen LogP contribution in [0.2, 0.25) is 5.02 Å². The average Bonchev–Trinajstić information content (AvgIpc) is 2.58. The molecule has 1 aromatic carbocycles. The highest BCUT2D eigenvalue weighted by molar-refractivity contribution is 7.84. The molecule has 0 aliphatic rings. The SMILES string of the molecule is CC(C)(C)[S@](=O)N[C@](C)(c1cc(F)c(Cl)c(F)c1)c1ccc(CO)cn1. The summed E-state index contributed by atoms with van der Waals surface area (Å²) in [6.07, 6.45) is 1.46. The monoisotopic (exact) mass is 402 g/mol. The first-order valence-corrected chi connectivity index (χ1v) is 9.43. The fraction of sp³-hybridized carbons (Fsp3) is 0.389. The third-order valence-corrected chi connectivity index (χ3v) is 6.00. The van der Waals surface area contributed by atoms with Crippen molar-refractivity contribution in [3.8, 4) is 0 Å². The second kappa shape index (κ2) is 7.68. The van der Waals surface area contributed by atoms with Gasteiger partial charge in [-0.15, -0.1) is 0 Å². The van der Waals surface area contributed by atoms with Crippen molar-refractivity contribution in [3.63, 3.8) is 0 Å². The van der Waals surface area contributed by atoms with E-state index in [4.69, 9.17) is 11.6 Å². The van der Waals surface area contributed by atoms with Gasteiger partial charge in [0.25, 0.3) is 0 Å². The first-order chi connectivity index (χ1) is 12.0. The van der Waals surface area contributed by atoms with E-state index >= 15 is 0 Å². The fourth-order valence-corrected chi connectivity index (χ4v) is 3.26. The van der Waals surface area contributed by atoms with Gasteiger partial charge in [-0.2, -0.15) is 0 Å². The van der Waals surface area contributed by atoms with Gasteiger partial charge >= 0.3 is 0 Å². The fourth-order valence-electron chi connectivity index (χ4n) is 2.26. The Kier molecular flexibility index (Phi) is 6.17. The molecule has 0 unspecified atom stereocenters. The number of pyridine rings is 1. The summed E-state index contributed by atoms with van der Waals surface area (Å²) in [5, 5.41) is 8.59. The smallest absolute Gasteiger partial charge is 0.145 e. The Bertz CT molecular complexity index is 802. The molecule has 1 aromatic heterocycles. The van der Waals surface area contributed by atoms with Crippen molar-refractivity contribution >= 4 is 22.6 Å². The summed E-state index contributed by atoms with van der Waals surface area (Å²) in [5.74, 6) is -1.83. The Morgan fingerprint density at radius 2 is 1.77 bits per heavy atom. The minimum absolute atomic E-state index is 0.185. The van der Waals surface area contributed by atoms with E-state index in [1.54, 1.807) is 39.8 Å². The second-order valence-electron chi connectivity index (χ2n) is 7.07. The molecule has 0 fully saturated rings. The van der Waals surface area contributed by atoms with Gasteiger partial charge in [0.2, 0.25) is 0 Å². The number of benzene rings is 1. The highest BCUT2D eigenvalue weighted by Crippen LogP contribution is 2.33. The third kappa shape index (κ3) is 4.28. The van der Waals surface area contributed by atoms with Gasteiger partial charge in [0.05, 0.1) is 33.6 Å². The van der Waals surface area contributed by atoms with Crippen LogP contribution in [0.3, 0.4) is 0 Å². The van der Waals surface area contributed by atoms with Crippen LogP contribution in [0.5, 0.6) is 0 Å². The second-order valence-corrected chi connectivity index (χ2v) is 9.42. The molecule has 4 nitrogen and oxygen atoms in total. The maximum Gasteiger partial charge on any atom is 0.145 e. The van der Waals surface area contributed by atoms with Crippen LogP contribution in [0.4, 0.5) is 8.78 Å². The molecule has 2 aromatic rings. The van der Waals surface area contributed by atoms with Gasteiger partial charge in [0, 0.05) is 6.20 Å². The van der Waals surface area contributed by atoms with Gasteiger partial charge in [-0.05, 0) is 57.0 Å². The standard InChI is InChI=1S/C18H21ClF2N2O2S/c1-17(2,3)26(25)23-18(4,15-6-5-11(10-24)9-22-15)12-7-13(20)16(19)14(21)8-12/h5-9,23-24H,10H2,1-4H3/t18-,26+/m1/s1. The van der Waals surface area contributed by atoms with E-state index in [9.17, 15) is 18.1 Å². The van der Waals surface area contributed by atoms with Crippen LogP contribution in [0.25, 0.3) is 0 Å². The summed E-state index contributed by atoms with van der Waals surface area (Å²) in [4.78, 5) is 4.28. The number of hydrogen-bond donors (Lipinski definition) is 2. The predicted molar refractivity (Wildman–Crippen MR) is 99.0 cm³/mol. The number of rotatable bonds is 5. The van der Waals surface area contributed by atoms with E-state index in [2.05, 4.69) is 9.71 Å². The van der Waals surface area contributed by atoms with Crippen LogP contribution in [0, 0.1) is 11.6 Å². The van der Waals surface area contributed by atoms with E-state index < -0.39 is 37.9 Å².